The van der Waals surface area contributed by atoms with Crippen LogP contribution in [0.5, 0.6) is 5.75 Å². The molecule has 154 valence electrons. The SMILES string of the molecule is COCCCNC(=O)[C@H]1CS[C@H](c2ccccc2)N1C(=O)c1ccc(OC)cc1. The van der Waals surface area contributed by atoms with E-state index in [4.69, 9.17) is 9.47 Å². The molecule has 2 atom stereocenters. The quantitative estimate of drug-likeness (QED) is 0.673. The van der Waals surface area contributed by atoms with Crippen molar-refractivity contribution in [2.45, 2.75) is 17.8 Å². The largest absolute Gasteiger partial charge is 0.497 e. The molecule has 6 nitrogen and oxygen atoms in total. The summed E-state index contributed by atoms with van der Waals surface area (Å²) in [4.78, 5) is 27.9. The van der Waals surface area contributed by atoms with Crippen LogP contribution in [0.1, 0.15) is 27.7 Å². The molecule has 1 aliphatic rings. The molecule has 1 heterocycles. The fourth-order valence-electron chi connectivity index (χ4n) is 3.26. The zero-order valence-electron chi connectivity index (χ0n) is 16.7. The number of thioether (sulfide) groups is 1. The van der Waals surface area contributed by atoms with E-state index in [-0.39, 0.29) is 17.2 Å². The minimum absolute atomic E-state index is 0.131. The molecule has 1 N–H and O–H groups in total. The molecule has 0 radical (unpaired) electrons. The van der Waals surface area contributed by atoms with Gasteiger partial charge in [-0.15, -0.1) is 11.8 Å². The van der Waals surface area contributed by atoms with Crippen LogP contribution in [0.2, 0.25) is 0 Å². The van der Waals surface area contributed by atoms with Crippen LogP contribution in [0, 0.1) is 0 Å². The highest BCUT2D eigenvalue weighted by atomic mass is 32.2. The average Bonchev–Trinajstić information content (AvgIpc) is 3.22. The molecule has 0 saturated carbocycles. The Morgan fingerprint density at radius 2 is 1.83 bits per heavy atom. The number of hydrogen-bond acceptors (Lipinski definition) is 5. The lowest BCUT2D eigenvalue weighted by Gasteiger charge is -2.29. The van der Waals surface area contributed by atoms with Gasteiger partial charge in [-0.3, -0.25) is 9.59 Å². The lowest BCUT2D eigenvalue weighted by molar-refractivity contribution is -0.124. The third kappa shape index (κ3) is 5.10. The van der Waals surface area contributed by atoms with Crippen LogP contribution >= 0.6 is 11.8 Å². The summed E-state index contributed by atoms with van der Waals surface area (Å²) in [6.45, 7) is 1.11. The molecular formula is C22H26N2O4S. The van der Waals surface area contributed by atoms with Gasteiger partial charge in [-0.1, -0.05) is 30.3 Å². The highest BCUT2D eigenvalue weighted by Gasteiger charge is 2.42. The summed E-state index contributed by atoms with van der Waals surface area (Å²) < 4.78 is 10.2. The van der Waals surface area contributed by atoms with E-state index in [1.165, 1.54) is 0 Å². The summed E-state index contributed by atoms with van der Waals surface area (Å²) in [7, 11) is 3.22. The Balaban J connectivity index is 1.83. The summed E-state index contributed by atoms with van der Waals surface area (Å²) >= 11 is 1.61. The van der Waals surface area contributed by atoms with Gasteiger partial charge in [0.15, 0.2) is 0 Å². The Morgan fingerprint density at radius 3 is 2.48 bits per heavy atom. The number of nitrogens with one attached hydrogen (secondary N) is 1. The van der Waals surface area contributed by atoms with E-state index < -0.39 is 6.04 Å². The second-order valence-corrected chi connectivity index (χ2v) is 7.80. The number of amides is 2. The molecule has 29 heavy (non-hydrogen) atoms. The van der Waals surface area contributed by atoms with Crippen molar-refractivity contribution in [3.05, 3.63) is 65.7 Å². The van der Waals surface area contributed by atoms with Gasteiger partial charge in [0.05, 0.1) is 7.11 Å². The van der Waals surface area contributed by atoms with E-state index in [0.717, 1.165) is 12.0 Å². The van der Waals surface area contributed by atoms with Gasteiger partial charge in [-0.2, -0.15) is 0 Å². The van der Waals surface area contributed by atoms with Gasteiger partial charge in [0, 0.05) is 31.6 Å². The topological polar surface area (TPSA) is 67.9 Å². The summed E-state index contributed by atoms with van der Waals surface area (Å²) in [6, 6.07) is 16.3. The minimum atomic E-state index is -0.526. The standard InChI is InChI=1S/C22H26N2O4S/c1-27-14-6-13-23-20(25)19-15-29-22(17-7-4-3-5-8-17)24(19)21(26)16-9-11-18(28-2)12-10-16/h3-5,7-12,19,22H,6,13-15H2,1-2H3,(H,23,25)/t19-,22-/m1/s1. The van der Waals surface area contributed by atoms with E-state index >= 15 is 0 Å². The molecule has 0 bridgehead atoms. The molecule has 0 aromatic heterocycles. The maximum atomic E-state index is 13.4. The third-order valence-electron chi connectivity index (χ3n) is 4.78. The van der Waals surface area contributed by atoms with Crippen molar-refractivity contribution in [2.24, 2.45) is 0 Å². The van der Waals surface area contributed by atoms with Gasteiger partial charge < -0.3 is 19.7 Å². The molecule has 1 fully saturated rings. The Hall–Kier alpha value is -2.51. The number of nitrogens with zero attached hydrogens (tertiary/aromatic N) is 1. The van der Waals surface area contributed by atoms with Gasteiger partial charge >= 0.3 is 0 Å². The number of hydrogen-bond donors (Lipinski definition) is 1. The molecule has 3 rings (SSSR count). The molecule has 0 aliphatic carbocycles. The zero-order chi connectivity index (χ0) is 20.6. The molecule has 1 aliphatic heterocycles. The van der Waals surface area contributed by atoms with Gasteiger partial charge in [0.2, 0.25) is 5.91 Å². The predicted molar refractivity (Wildman–Crippen MR) is 114 cm³/mol. The highest BCUT2D eigenvalue weighted by Crippen LogP contribution is 2.42. The van der Waals surface area contributed by atoms with Gasteiger partial charge in [-0.05, 0) is 36.2 Å². The molecule has 7 heteroatoms. The maximum absolute atomic E-state index is 13.4. The summed E-state index contributed by atoms with van der Waals surface area (Å²) in [6.07, 6.45) is 0.733. The van der Waals surface area contributed by atoms with Crippen molar-refractivity contribution < 1.29 is 19.1 Å². The van der Waals surface area contributed by atoms with Crippen LogP contribution in [0.25, 0.3) is 0 Å². The number of methoxy groups -OCH3 is 2. The molecule has 0 unspecified atom stereocenters. The second kappa shape index (κ2) is 10.3. The maximum Gasteiger partial charge on any atom is 0.255 e. The molecule has 1 saturated heterocycles. The van der Waals surface area contributed by atoms with Crippen molar-refractivity contribution in [3.8, 4) is 5.75 Å². The Labute approximate surface area is 175 Å². The van der Waals surface area contributed by atoms with Crippen LogP contribution in [0.4, 0.5) is 0 Å². The van der Waals surface area contributed by atoms with Crippen molar-refractivity contribution in [1.29, 1.82) is 0 Å². The second-order valence-electron chi connectivity index (χ2n) is 6.69. The first-order chi connectivity index (χ1) is 14.2. The monoisotopic (exact) mass is 414 g/mol. The minimum Gasteiger partial charge on any atom is -0.497 e. The van der Waals surface area contributed by atoms with Crippen molar-refractivity contribution in [2.75, 3.05) is 33.1 Å². The summed E-state index contributed by atoms with van der Waals surface area (Å²) in [5, 5.41) is 2.73. The lowest BCUT2D eigenvalue weighted by atomic mass is 10.1. The summed E-state index contributed by atoms with van der Waals surface area (Å²) in [5.74, 6) is 0.944. The van der Waals surface area contributed by atoms with E-state index in [1.54, 1.807) is 55.1 Å². The van der Waals surface area contributed by atoms with Crippen molar-refractivity contribution in [3.63, 3.8) is 0 Å². The molecule has 2 aromatic rings. The van der Waals surface area contributed by atoms with Crippen LogP contribution in [0.3, 0.4) is 0 Å². The van der Waals surface area contributed by atoms with Crippen LogP contribution in [-0.4, -0.2) is 55.9 Å². The Kier molecular flexibility index (Phi) is 7.55. The van der Waals surface area contributed by atoms with Crippen molar-refractivity contribution >= 4 is 23.6 Å². The normalized spacial score (nSPS) is 18.5. The van der Waals surface area contributed by atoms with E-state index in [1.807, 2.05) is 30.3 Å². The van der Waals surface area contributed by atoms with Gasteiger partial charge in [0.25, 0.3) is 5.91 Å². The van der Waals surface area contributed by atoms with Gasteiger partial charge in [0.1, 0.15) is 17.2 Å². The third-order valence-corrected chi connectivity index (χ3v) is 6.11. The molecule has 2 aromatic carbocycles. The lowest BCUT2D eigenvalue weighted by Crippen LogP contribution is -2.48. The number of carbonyl (C=O) groups excluding carboxylic acids is 2. The highest BCUT2D eigenvalue weighted by molar-refractivity contribution is 7.99. The smallest absolute Gasteiger partial charge is 0.255 e. The van der Waals surface area contributed by atoms with E-state index in [2.05, 4.69) is 5.32 Å². The predicted octanol–water partition coefficient (Wildman–Crippen LogP) is 3.10. The fourth-order valence-corrected chi connectivity index (χ4v) is 4.69. The van der Waals surface area contributed by atoms with E-state index in [9.17, 15) is 9.59 Å². The van der Waals surface area contributed by atoms with Crippen LogP contribution < -0.4 is 10.1 Å². The fraction of sp³-hybridized carbons (Fsp3) is 0.364. The first-order valence-electron chi connectivity index (χ1n) is 9.55. The first-order valence-corrected chi connectivity index (χ1v) is 10.6. The molecular weight excluding hydrogens is 388 g/mol. The molecule has 2 amide bonds. The Morgan fingerprint density at radius 1 is 1.10 bits per heavy atom. The Bertz CT molecular complexity index is 813. The van der Waals surface area contributed by atoms with Gasteiger partial charge in [-0.25, -0.2) is 0 Å². The molecule has 0 spiro atoms. The van der Waals surface area contributed by atoms with E-state index in [0.29, 0.717) is 30.2 Å². The number of ether oxygens (including phenoxy) is 2. The average molecular weight is 415 g/mol. The number of benzene rings is 2. The zero-order valence-corrected chi connectivity index (χ0v) is 17.5. The number of carbonyl (C=O) groups is 2. The summed E-state index contributed by atoms with van der Waals surface area (Å²) in [5.41, 5.74) is 1.54. The number of rotatable bonds is 8. The van der Waals surface area contributed by atoms with Crippen LogP contribution in [-0.2, 0) is 9.53 Å². The van der Waals surface area contributed by atoms with Crippen LogP contribution in [0.15, 0.2) is 54.6 Å². The van der Waals surface area contributed by atoms with Crippen molar-refractivity contribution in [1.82, 2.24) is 10.2 Å². The first kappa shape index (κ1) is 21.2.